The quantitative estimate of drug-likeness (QED) is 0.0784. The van der Waals surface area contributed by atoms with Crippen LogP contribution >= 0.6 is 11.3 Å². The van der Waals surface area contributed by atoms with Gasteiger partial charge in [0.2, 0.25) is 11.8 Å². The van der Waals surface area contributed by atoms with Gasteiger partial charge in [0.05, 0.1) is 6.04 Å². The summed E-state index contributed by atoms with van der Waals surface area (Å²) in [6.45, 7) is 11.9. The number of rotatable bonds is 18. The van der Waals surface area contributed by atoms with Crippen molar-refractivity contribution < 1.29 is 33.4 Å². The summed E-state index contributed by atoms with van der Waals surface area (Å²) in [7, 11) is 0. The number of fused-ring (bicyclic) bond motifs is 1. The Labute approximate surface area is 303 Å². The monoisotopic (exact) mass is 719 g/mol. The molecule has 51 heavy (non-hydrogen) atoms. The van der Waals surface area contributed by atoms with Gasteiger partial charge in [0.15, 0.2) is 12.4 Å². The van der Waals surface area contributed by atoms with Gasteiger partial charge >= 0.3 is 6.03 Å². The summed E-state index contributed by atoms with van der Waals surface area (Å²) < 4.78 is 19.7. The molecule has 12 nitrogen and oxygen atoms in total. The Morgan fingerprint density at radius 1 is 0.882 bits per heavy atom. The number of hydrogen-bond acceptors (Lipinski definition) is 9. The molecule has 0 fully saturated rings. The smallest absolute Gasteiger partial charge is 0.338 e. The van der Waals surface area contributed by atoms with Crippen LogP contribution in [0, 0.1) is 0 Å². The highest BCUT2D eigenvalue weighted by Gasteiger charge is 2.41. The molecule has 13 heteroatoms. The van der Waals surface area contributed by atoms with Crippen molar-refractivity contribution in [3.63, 3.8) is 0 Å². The first kappa shape index (κ1) is 39.2. The number of hydroxylamine groups is 1. The minimum absolute atomic E-state index is 0.172. The third-order valence-corrected chi connectivity index (χ3v) is 8.82. The molecule has 4 N–H and O–H groups in total. The van der Waals surface area contributed by atoms with Gasteiger partial charge in [-0.25, -0.2) is 10.3 Å². The number of ether oxygens (including phenoxy) is 3. The SMILES string of the molecule is CCOC(Cc1csc2ccccc12)(OCC)[C@H](C)NC(=O)[C@H](Cc1ccc(OC(C)(C)C)cc1)NC(=O)CONC(=O)NCc1ccncc1. The van der Waals surface area contributed by atoms with Crippen molar-refractivity contribution in [2.75, 3.05) is 19.8 Å². The summed E-state index contributed by atoms with van der Waals surface area (Å²) >= 11 is 1.64. The highest BCUT2D eigenvalue weighted by molar-refractivity contribution is 7.17. The van der Waals surface area contributed by atoms with Crippen molar-refractivity contribution in [1.82, 2.24) is 26.4 Å². The zero-order valence-corrected chi connectivity index (χ0v) is 30.9. The maximum atomic E-state index is 14.0. The van der Waals surface area contributed by atoms with Gasteiger partial charge in [-0.2, -0.15) is 0 Å². The Kier molecular flexibility index (Phi) is 14.3. The molecule has 0 bridgehead atoms. The van der Waals surface area contributed by atoms with Crippen LogP contribution in [0.5, 0.6) is 5.75 Å². The van der Waals surface area contributed by atoms with Crippen molar-refractivity contribution >= 4 is 39.3 Å². The van der Waals surface area contributed by atoms with E-state index in [0.29, 0.717) is 25.4 Å². The molecule has 0 unspecified atom stereocenters. The zero-order valence-electron chi connectivity index (χ0n) is 30.1. The first-order valence-corrected chi connectivity index (χ1v) is 17.9. The number of thiophene rings is 1. The molecule has 2 aromatic heterocycles. The van der Waals surface area contributed by atoms with Crippen molar-refractivity contribution in [1.29, 1.82) is 0 Å². The molecule has 0 aliphatic heterocycles. The van der Waals surface area contributed by atoms with E-state index in [2.05, 4.69) is 43.9 Å². The first-order chi connectivity index (χ1) is 24.4. The lowest BCUT2D eigenvalue weighted by Gasteiger charge is -2.39. The van der Waals surface area contributed by atoms with Gasteiger partial charge in [0.1, 0.15) is 17.4 Å². The van der Waals surface area contributed by atoms with Crippen LogP contribution in [0.2, 0.25) is 0 Å². The summed E-state index contributed by atoms with van der Waals surface area (Å²) in [5.74, 6) is -1.53. The molecule has 0 aliphatic carbocycles. The molecule has 274 valence electrons. The summed E-state index contributed by atoms with van der Waals surface area (Å²) in [6.07, 6.45) is 3.81. The fourth-order valence-electron chi connectivity index (χ4n) is 5.51. The molecule has 2 heterocycles. The average molecular weight is 720 g/mol. The molecule has 4 aromatic rings. The number of urea groups is 1. The minimum Gasteiger partial charge on any atom is -0.488 e. The van der Waals surface area contributed by atoms with Crippen molar-refractivity contribution in [2.45, 2.75) is 84.4 Å². The van der Waals surface area contributed by atoms with Gasteiger partial charge in [-0.15, -0.1) is 11.3 Å². The van der Waals surface area contributed by atoms with Gasteiger partial charge in [-0.1, -0.05) is 30.3 Å². The van der Waals surface area contributed by atoms with Gasteiger partial charge in [0.25, 0.3) is 0 Å². The number of amides is 4. The van der Waals surface area contributed by atoms with E-state index >= 15 is 0 Å². The largest absolute Gasteiger partial charge is 0.488 e. The third kappa shape index (κ3) is 12.0. The lowest BCUT2D eigenvalue weighted by molar-refractivity contribution is -0.246. The number of aromatic nitrogens is 1. The van der Waals surface area contributed by atoms with E-state index in [1.54, 1.807) is 35.9 Å². The Morgan fingerprint density at radius 3 is 2.24 bits per heavy atom. The lowest BCUT2D eigenvalue weighted by Crippen LogP contribution is -2.59. The van der Waals surface area contributed by atoms with E-state index in [4.69, 9.17) is 19.0 Å². The van der Waals surface area contributed by atoms with Gasteiger partial charge in [0, 0.05) is 49.7 Å². The lowest BCUT2D eigenvalue weighted by atomic mass is 9.97. The van der Waals surface area contributed by atoms with Crippen LogP contribution in [0.25, 0.3) is 10.1 Å². The van der Waals surface area contributed by atoms with Crippen molar-refractivity contribution in [3.05, 3.63) is 95.1 Å². The van der Waals surface area contributed by atoms with E-state index in [9.17, 15) is 14.4 Å². The van der Waals surface area contributed by atoms with Crippen LogP contribution in [-0.2, 0) is 43.3 Å². The van der Waals surface area contributed by atoms with E-state index < -0.39 is 42.3 Å². The predicted molar refractivity (Wildman–Crippen MR) is 197 cm³/mol. The summed E-state index contributed by atoms with van der Waals surface area (Å²) in [5.41, 5.74) is 4.52. The molecule has 4 amide bonds. The van der Waals surface area contributed by atoms with E-state index in [-0.39, 0.29) is 18.6 Å². The van der Waals surface area contributed by atoms with Crippen LogP contribution in [0.4, 0.5) is 4.79 Å². The van der Waals surface area contributed by atoms with Crippen LogP contribution in [-0.4, -0.2) is 66.1 Å². The van der Waals surface area contributed by atoms with Crippen LogP contribution in [0.15, 0.2) is 78.4 Å². The highest BCUT2D eigenvalue weighted by Crippen LogP contribution is 2.32. The Balaban J connectivity index is 1.47. The summed E-state index contributed by atoms with van der Waals surface area (Å²) in [4.78, 5) is 48.4. The number of nitrogens with zero attached hydrogens (tertiary/aromatic N) is 1. The van der Waals surface area contributed by atoms with Crippen molar-refractivity contribution in [3.8, 4) is 5.75 Å². The summed E-state index contributed by atoms with van der Waals surface area (Å²) in [5, 5.41) is 11.7. The highest BCUT2D eigenvalue weighted by atomic mass is 32.1. The normalized spacial score (nSPS) is 12.9. The second-order valence-corrected chi connectivity index (χ2v) is 13.9. The number of pyridine rings is 1. The van der Waals surface area contributed by atoms with Crippen LogP contribution in [0.3, 0.4) is 0 Å². The maximum absolute atomic E-state index is 14.0. The maximum Gasteiger partial charge on any atom is 0.338 e. The number of carbonyl (C=O) groups excluding carboxylic acids is 3. The minimum atomic E-state index is -1.18. The molecule has 0 saturated carbocycles. The zero-order chi connectivity index (χ0) is 36.9. The molecule has 0 spiro atoms. The van der Waals surface area contributed by atoms with Gasteiger partial charge < -0.3 is 30.2 Å². The molecule has 4 rings (SSSR count). The standard InChI is InChI=1S/C38H49N5O7S/c1-7-47-38(48-8-2,22-29-25-51-33-12-10-9-11-31(29)33)26(3)41-35(45)32(21-27-13-15-30(16-14-27)50-37(4,5)6)42-34(44)24-49-43-36(46)40-23-28-17-19-39-20-18-28/h9-20,25-26,32H,7-8,21-24H2,1-6H3,(H,41,45)(H,42,44)(H2,40,43,46)/t26-,32-/m0/s1. The molecule has 0 aliphatic rings. The van der Waals surface area contributed by atoms with Gasteiger partial charge in [-0.3, -0.25) is 19.4 Å². The fraction of sp³-hybridized carbons (Fsp3) is 0.421. The predicted octanol–water partition coefficient (Wildman–Crippen LogP) is 5.45. The number of benzene rings is 2. The summed E-state index contributed by atoms with van der Waals surface area (Å²) in [6, 6.07) is 16.8. The molecular formula is C38H49N5O7S. The number of nitrogens with one attached hydrogen (secondary N) is 4. The first-order valence-electron chi connectivity index (χ1n) is 17.1. The Hall–Kier alpha value is -4.56. The molecule has 0 saturated heterocycles. The Morgan fingerprint density at radius 2 is 1.57 bits per heavy atom. The van der Waals surface area contributed by atoms with Crippen LogP contribution in [0.1, 0.15) is 58.2 Å². The Bertz CT molecular complexity index is 1700. The molecule has 2 atom stereocenters. The molecule has 0 radical (unpaired) electrons. The second-order valence-electron chi connectivity index (χ2n) is 13.0. The van der Waals surface area contributed by atoms with E-state index in [0.717, 1.165) is 26.8 Å². The van der Waals surface area contributed by atoms with Crippen molar-refractivity contribution in [2.24, 2.45) is 0 Å². The van der Waals surface area contributed by atoms with E-state index in [1.165, 1.54) is 0 Å². The number of hydrogen-bond donors (Lipinski definition) is 4. The average Bonchev–Trinajstić information content (AvgIpc) is 3.50. The van der Waals surface area contributed by atoms with Gasteiger partial charge in [-0.05, 0) is 99.3 Å². The van der Waals surface area contributed by atoms with E-state index in [1.807, 2.05) is 77.9 Å². The topological polar surface area (TPSA) is 149 Å². The number of carbonyl (C=O) groups is 3. The fourth-order valence-corrected chi connectivity index (χ4v) is 6.47. The molecular weight excluding hydrogens is 671 g/mol. The second kappa shape index (κ2) is 18.6. The third-order valence-electron chi connectivity index (χ3n) is 7.80. The molecule has 2 aromatic carbocycles. The van der Waals surface area contributed by atoms with Crippen LogP contribution < -0.4 is 26.2 Å².